The van der Waals surface area contributed by atoms with Gasteiger partial charge in [-0.1, -0.05) is 37.1 Å². The van der Waals surface area contributed by atoms with Gasteiger partial charge in [0, 0.05) is 56.8 Å². The van der Waals surface area contributed by atoms with E-state index < -0.39 is 10.8 Å². The summed E-state index contributed by atoms with van der Waals surface area (Å²) in [6.07, 6.45) is 5.39. The van der Waals surface area contributed by atoms with Crippen LogP contribution in [0, 0.1) is 16.0 Å². The third-order valence-corrected chi connectivity index (χ3v) is 7.31. The number of aromatic nitrogens is 1. The molecular formula is C24H27N5O4. The van der Waals surface area contributed by atoms with E-state index in [0.717, 1.165) is 36.5 Å². The van der Waals surface area contributed by atoms with E-state index in [-0.39, 0.29) is 23.6 Å². The number of carbonyl (C=O) groups is 2. The van der Waals surface area contributed by atoms with Crippen LogP contribution in [0.1, 0.15) is 36.2 Å². The number of carbonyl (C=O) groups excluding carboxylic acids is 2. The number of piperazine rings is 1. The predicted molar refractivity (Wildman–Crippen MR) is 122 cm³/mol. The summed E-state index contributed by atoms with van der Waals surface area (Å²) in [6.45, 7) is 1.78. The molecule has 0 bridgehead atoms. The zero-order valence-corrected chi connectivity index (χ0v) is 18.6. The average molecular weight is 450 g/mol. The molecule has 2 amide bonds. The van der Waals surface area contributed by atoms with Crippen molar-refractivity contribution < 1.29 is 14.5 Å². The molecule has 1 aliphatic carbocycles. The Balaban J connectivity index is 1.40. The van der Waals surface area contributed by atoms with Crippen molar-refractivity contribution in [2.75, 3.05) is 33.2 Å². The molecule has 172 valence electrons. The second-order valence-electron chi connectivity index (χ2n) is 9.03. The molecule has 9 heteroatoms. The summed E-state index contributed by atoms with van der Waals surface area (Å²) in [5.74, 6) is -0.662. The largest absolute Gasteiger partial charge is 0.365 e. The second kappa shape index (κ2) is 8.46. The van der Waals surface area contributed by atoms with Crippen LogP contribution in [-0.2, 0) is 4.79 Å². The third-order valence-electron chi connectivity index (χ3n) is 7.31. The Kier molecular flexibility index (Phi) is 5.47. The summed E-state index contributed by atoms with van der Waals surface area (Å²) in [6, 6.07) is 9.55. The molecule has 1 aromatic carbocycles. The van der Waals surface area contributed by atoms with Gasteiger partial charge in [-0.3, -0.25) is 24.7 Å². The van der Waals surface area contributed by atoms with E-state index in [0.29, 0.717) is 37.6 Å². The number of hydrogen-bond donors (Lipinski definition) is 0. The molecule has 0 spiro atoms. The minimum atomic E-state index is -0.517. The van der Waals surface area contributed by atoms with Crippen molar-refractivity contribution in [3.8, 4) is 0 Å². The van der Waals surface area contributed by atoms with Gasteiger partial charge in [0.25, 0.3) is 5.91 Å². The number of hydrogen-bond acceptors (Lipinski definition) is 6. The van der Waals surface area contributed by atoms with E-state index >= 15 is 0 Å². The zero-order chi connectivity index (χ0) is 23.1. The predicted octanol–water partition coefficient (Wildman–Crippen LogP) is 2.51. The van der Waals surface area contributed by atoms with Crippen molar-refractivity contribution in [1.29, 1.82) is 0 Å². The van der Waals surface area contributed by atoms with Crippen LogP contribution in [0.3, 0.4) is 0 Å². The Morgan fingerprint density at radius 3 is 2.58 bits per heavy atom. The summed E-state index contributed by atoms with van der Waals surface area (Å²) in [5, 5.41) is 13.7. The van der Waals surface area contributed by atoms with Gasteiger partial charge in [0.2, 0.25) is 0 Å². The lowest BCUT2D eigenvalue weighted by atomic mass is 9.78. The van der Waals surface area contributed by atoms with Crippen LogP contribution in [-0.4, -0.2) is 75.7 Å². The number of amides is 2. The van der Waals surface area contributed by atoms with Crippen molar-refractivity contribution in [3.63, 3.8) is 0 Å². The van der Waals surface area contributed by atoms with Gasteiger partial charge in [0.15, 0.2) is 0 Å². The summed E-state index contributed by atoms with van der Waals surface area (Å²) in [4.78, 5) is 47.2. The monoisotopic (exact) mass is 449 g/mol. The van der Waals surface area contributed by atoms with Gasteiger partial charge in [-0.05, 0) is 24.3 Å². The molecule has 2 aromatic rings. The van der Waals surface area contributed by atoms with Gasteiger partial charge in [0.1, 0.15) is 11.4 Å². The fourth-order valence-electron chi connectivity index (χ4n) is 5.64. The molecule has 2 atom stereocenters. The molecule has 1 aromatic heterocycles. The van der Waals surface area contributed by atoms with E-state index in [9.17, 15) is 19.7 Å². The number of fused-ring (bicyclic) bond motifs is 2. The summed E-state index contributed by atoms with van der Waals surface area (Å²) in [7, 11) is 1.68. The van der Waals surface area contributed by atoms with Crippen molar-refractivity contribution in [2.24, 2.45) is 5.92 Å². The Labute approximate surface area is 191 Å². The molecule has 9 nitrogen and oxygen atoms in total. The average Bonchev–Trinajstić information content (AvgIpc) is 2.85. The summed E-state index contributed by atoms with van der Waals surface area (Å²) >= 11 is 0. The molecule has 3 aliphatic rings. The van der Waals surface area contributed by atoms with Gasteiger partial charge in [0.05, 0.1) is 4.92 Å². The number of rotatable bonds is 3. The van der Waals surface area contributed by atoms with Gasteiger partial charge in [-0.15, -0.1) is 0 Å². The first-order chi connectivity index (χ1) is 16.0. The molecule has 1 saturated carbocycles. The maximum absolute atomic E-state index is 13.3. The SMILES string of the molecule is CN1C(=O)C([N+](=O)[O-])=C(N2CCN(C(=O)c3nccc4ccccc34)CC2)C2CCCCC21. The lowest BCUT2D eigenvalue weighted by Gasteiger charge is -2.46. The number of likely N-dealkylation sites (N-methyl/N-ethyl adjacent to an activating group) is 1. The standard InChI is InChI=1S/C24H27N5O4/c1-26-19-9-5-4-8-18(19)21(22(24(26)31)29(32)33)27-12-14-28(15-13-27)23(30)20-17-7-3-2-6-16(17)10-11-25-20/h2-3,6-7,10-11,18-19H,4-5,8-9,12-15H2,1H3. The van der Waals surface area contributed by atoms with Crippen LogP contribution in [0.4, 0.5) is 0 Å². The second-order valence-corrected chi connectivity index (χ2v) is 9.03. The Hall–Kier alpha value is -3.49. The van der Waals surface area contributed by atoms with Gasteiger partial charge >= 0.3 is 11.6 Å². The Morgan fingerprint density at radius 2 is 1.82 bits per heavy atom. The van der Waals surface area contributed by atoms with Crippen LogP contribution < -0.4 is 0 Å². The molecule has 2 unspecified atom stereocenters. The summed E-state index contributed by atoms with van der Waals surface area (Å²) < 4.78 is 0. The van der Waals surface area contributed by atoms with Crippen LogP contribution in [0.5, 0.6) is 0 Å². The first-order valence-electron chi connectivity index (χ1n) is 11.5. The Bertz CT molecular complexity index is 1150. The number of nitro groups is 1. The third kappa shape index (κ3) is 3.61. The fourth-order valence-corrected chi connectivity index (χ4v) is 5.64. The molecule has 0 N–H and O–H groups in total. The number of nitrogens with zero attached hydrogens (tertiary/aromatic N) is 5. The highest BCUT2D eigenvalue weighted by atomic mass is 16.6. The lowest BCUT2D eigenvalue weighted by molar-refractivity contribution is -0.424. The van der Waals surface area contributed by atoms with E-state index in [1.165, 1.54) is 0 Å². The van der Waals surface area contributed by atoms with E-state index in [1.54, 1.807) is 23.0 Å². The molecule has 2 fully saturated rings. The van der Waals surface area contributed by atoms with Gasteiger partial charge in [-0.2, -0.15) is 0 Å². The first-order valence-corrected chi connectivity index (χ1v) is 11.5. The maximum atomic E-state index is 13.3. The van der Waals surface area contributed by atoms with Crippen molar-refractivity contribution in [2.45, 2.75) is 31.7 Å². The van der Waals surface area contributed by atoms with E-state index in [4.69, 9.17) is 0 Å². The first kappa shape index (κ1) is 21.4. The highest BCUT2D eigenvalue weighted by molar-refractivity contribution is 6.05. The van der Waals surface area contributed by atoms with E-state index in [1.807, 2.05) is 35.2 Å². The molecular weight excluding hydrogens is 422 g/mol. The minimum absolute atomic E-state index is 0.00416. The number of benzene rings is 1. The summed E-state index contributed by atoms with van der Waals surface area (Å²) in [5.41, 5.74) is 0.702. The molecule has 1 saturated heterocycles. The molecule has 5 rings (SSSR count). The molecule has 2 aliphatic heterocycles. The molecule has 0 radical (unpaired) electrons. The van der Waals surface area contributed by atoms with Crippen LogP contribution in [0.2, 0.25) is 0 Å². The molecule has 3 heterocycles. The highest BCUT2D eigenvalue weighted by Crippen LogP contribution is 2.40. The Morgan fingerprint density at radius 1 is 1.09 bits per heavy atom. The van der Waals surface area contributed by atoms with Gasteiger partial charge in [-0.25, -0.2) is 0 Å². The quantitative estimate of drug-likeness (QED) is 0.527. The van der Waals surface area contributed by atoms with Crippen molar-refractivity contribution >= 4 is 22.6 Å². The number of pyridine rings is 1. The highest BCUT2D eigenvalue weighted by Gasteiger charge is 2.48. The normalized spacial score (nSPS) is 23.7. The van der Waals surface area contributed by atoms with Crippen LogP contribution in [0.25, 0.3) is 10.8 Å². The minimum Gasteiger partial charge on any atom is -0.365 e. The van der Waals surface area contributed by atoms with Crippen LogP contribution >= 0.6 is 0 Å². The van der Waals surface area contributed by atoms with E-state index in [2.05, 4.69) is 4.98 Å². The van der Waals surface area contributed by atoms with Crippen molar-refractivity contribution in [3.05, 3.63) is 63.7 Å². The van der Waals surface area contributed by atoms with Crippen LogP contribution in [0.15, 0.2) is 47.9 Å². The van der Waals surface area contributed by atoms with Gasteiger partial charge < -0.3 is 14.7 Å². The lowest BCUT2D eigenvalue weighted by Crippen LogP contribution is -2.56. The van der Waals surface area contributed by atoms with Crippen molar-refractivity contribution in [1.82, 2.24) is 19.7 Å². The smallest absolute Gasteiger partial charge is 0.352 e. The topological polar surface area (TPSA) is 99.9 Å². The fraction of sp³-hybridized carbons (Fsp3) is 0.458. The zero-order valence-electron chi connectivity index (χ0n) is 18.6. The maximum Gasteiger partial charge on any atom is 0.352 e. The molecule has 33 heavy (non-hydrogen) atoms.